The smallest absolute Gasteiger partial charge is 0.310 e. The summed E-state index contributed by atoms with van der Waals surface area (Å²) in [5, 5.41) is 1.75. The lowest BCUT2D eigenvalue weighted by atomic mass is 10.1. The minimum atomic E-state index is -3.68. The van der Waals surface area contributed by atoms with Gasteiger partial charge in [0.05, 0.1) is 24.8 Å². The van der Waals surface area contributed by atoms with Gasteiger partial charge in [0.25, 0.3) is 0 Å². The van der Waals surface area contributed by atoms with E-state index in [0.717, 1.165) is 4.31 Å². The molecular weight excluding hydrogens is 284 g/mol. The Morgan fingerprint density at radius 2 is 2.00 bits per heavy atom. The van der Waals surface area contributed by atoms with Crippen LogP contribution < -0.4 is 5.32 Å². The number of nitrogens with zero attached hydrogens (tertiary/aromatic N) is 1. The van der Waals surface area contributed by atoms with Crippen molar-refractivity contribution < 1.29 is 22.7 Å². The average Bonchev–Trinajstić information content (AvgIpc) is 2.87. The van der Waals surface area contributed by atoms with Crippen LogP contribution in [0.15, 0.2) is 0 Å². The summed E-state index contributed by atoms with van der Waals surface area (Å²) in [5.74, 6) is -1.49. The van der Waals surface area contributed by atoms with Crippen LogP contribution >= 0.6 is 0 Å². The molecule has 2 atom stereocenters. The first-order valence-corrected chi connectivity index (χ1v) is 8.14. The number of likely N-dealkylation sites (N-methyl/N-ethyl adjacent to an activating group) is 2. The standard InChI is InChI=1S/C12H22N2O5S/c1-4-13-11(15)8-14(2)20(17,18)10-7-5-6-9(10)12(16)19-3/h9-10H,4-8H2,1-3H3,(H,13,15). The second kappa shape index (κ2) is 7.03. The van der Waals surface area contributed by atoms with Crippen molar-refractivity contribution in [1.29, 1.82) is 0 Å². The molecule has 2 unspecified atom stereocenters. The average molecular weight is 306 g/mol. The Kier molecular flexibility index (Phi) is 5.94. The lowest BCUT2D eigenvalue weighted by Crippen LogP contribution is -2.44. The maximum atomic E-state index is 12.4. The molecule has 0 spiro atoms. The van der Waals surface area contributed by atoms with Crippen LogP contribution in [0.3, 0.4) is 0 Å². The van der Waals surface area contributed by atoms with E-state index in [0.29, 0.717) is 25.8 Å². The van der Waals surface area contributed by atoms with Crippen molar-refractivity contribution in [2.75, 3.05) is 27.2 Å². The molecule has 0 aromatic heterocycles. The molecule has 1 amide bonds. The third-order valence-corrected chi connectivity index (χ3v) is 5.84. The zero-order valence-electron chi connectivity index (χ0n) is 12.1. The highest BCUT2D eigenvalue weighted by atomic mass is 32.2. The first-order chi connectivity index (χ1) is 9.34. The van der Waals surface area contributed by atoms with Crippen molar-refractivity contribution in [2.45, 2.75) is 31.4 Å². The van der Waals surface area contributed by atoms with Gasteiger partial charge in [-0.2, -0.15) is 4.31 Å². The van der Waals surface area contributed by atoms with Gasteiger partial charge in [-0.3, -0.25) is 9.59 Å². The Balaban J connectivity index is 2.81. The summed E-state index contributed by atoms with van der Waals surface area (Å²) < 4.78 is 30.6. The summed E-state index contributed by atoms with van der Waals surface area (Å²) in [6.45, 7) is 1.97. The first-order valence-electron chi connectivity index (χ1n) is 6.64. The number of methoxy groups -OCH3 is 1. The molecule has 1 fully saturated rings. The van der Waals surface area contributed by atoms with E-state index in [1.165, 1.54) is 14.2 Å². The van der Waals surface area contributed by atoms with Crippen LogP contribution in [-0.4, -0.2) is 57.1 Å². The van der Waals surface area contributed by atoms with Crippen molar-refractivity contribution in [3.05, 3.63) is 0 Å². The normalized spacial score (nSPS) is 22.8. The maximum absolute atomic E-state index is 12.4. The van der Waals surface area contributed by atoms with Crippen LogP contribution in [0.25, 0.3) is 0 Å². The molecule has 1 rings (SSSR count). The number of rotatable bonds is 6. The Morgan fingerprint density at radius 1 is 1.35 bits per heavy atom. The molecule has 0 radical (unpaired) electrons. The van der Waals surface area contributed by atoms with Crippen LogP contribution in [0.1, 0.15) is 26.2 Å². The number of hydrogen-bond donors (Lipinski definition) is 1. The van der Waals surface area contributed by atoms with Crippen LogP contribution in [0.4, 0.5) is 0 Å². The number of hydrogen-bond acceptors (Lipinski definition) is 5. The van der Waals surface area contributed by atoms with Gasteiger partial charge < -0.3 is 10.1 Å². The van der Waals surface area contributed by atoms with Gasteiger partial charge in [-0.15, -0.1) is 0 Å². The lowest BCUT2D eigenvalue weighted by Gasteiger charge is -2.24. The predicted octanol–water partition coefficient (Wildman–Crippen LogP) is -0.274. The van der Waals surface area contributed by atoms with Gasteiger partial charge in [-0.1, -0.05) is 6.42 Å². The molecule has 1 N–H and O–H groups in total. The van der Waals surface area contributed by atoms with Crippen molar-refractivity contribution in [2.24, 2.45) is 5.92 Å². The van der Waals surface area contributed by atoms with Gasteiger partial charge in [0, 0.05) is 13.6 Å². The van der Waals surface area contributed by atoms with Gasteiger partial charge in [0.15, 0.2) is 0 Å². The molecule has 8 heteroatoms. The highest BCUT2D eigenvalue weighted by Gasteiger charge is 2.44. The fourth-order valence-corrected chi connectivity index (χ4v) is 4.37. The molecule has 0 aromatic carbocycles. The summed E-state index contributed by atoms with van der Waals surface area (Å²) in [6.07, 6.45) is 1.59. The highest BCUT2D eigenvalue weighted by Crippen LogP contribution is 2.33. The third kappa shape index (κ3) is 3.69. The van der Waals surface area contributed by atoms with E-state index in [1.807, 2.05) is 0 Å². The first kappa shape index (κ1) is 16.9. The summed E-state index contributed by atoms with van der Waals surface area (Å²) in [5.41, 5.74) is 0. The monoisotopic (exact) mass is 306 g/mol. The Hall–Kier alpha value is -1.15. The second-order valence-electron chi connectivity index (χ2n) is 4.85. The molecule has 1 aliphatic rings. The van der Waals surface area contributed by atoms with E-state index in [-0.39, 0.29) is 12.5 Å². The van der Waals surface area contributed by atoms with E-state index in [2.05, 4.69) is 10.1 Å². The highest BCUT2D eigenvalue weighted by molar-refractivity contribution is 7.89. The number of amides is 1. The quantitative estimate of drug-likeness (QED) is 0.682. The van der Waals surface area contributed by atoms with Crippen LogP contribution in [0, 0.1) is 5.92 Å². The van der Waals surface area contributed by atoms with Crippen LogP contribution in [0.5, 0.6) is 0 Å². The van der Waals surface area contributed by atoms with Gasteiger partial charge in [-0.05, 0) is 19.8 Å². The SMILES string of the molecule is CCNC(=O)CN(C)S(=O)(=O)C1CCCC1C(=O)OC. The molecule has 1 saturated carbocycles. The van der Waals surface area contributed by atoms with Crippen molar-refractivity contribution >= 4 is 21.9 Å². The topological polar surface area (TPSA) is 92.8 Å². The molecule has 0 aliphatic heterocycles. The third-order valence-electron chi connectivity index (χ3n) is 3.51. The summed E-state index contributed by atoms with van der Waals surface area (Å²) >= 11 is 0. The summed E-state index contributed by atoms with van der Waals surface area (Å²) in [4.78, 5) is 23.1. The number of carbonyl (C=O) groups is 2. The predicted molar refractivity (Wildman–Crippen MR) is 73.4 cm³/mol. The van der Waals surface area contributed by atoms with E-state index in [9.17, 15) is 18.0 Å². The lowest BCUT2D eigenvalue weighted by molar-refractivity contribution is -0.145. The van der Waals surface area contributed by atoms with Gasteiger partial charge in [-0.25, -0.2) is 8.42 Å². The zero-order valence-corrected chi connectivity index (χ0v) is 12.9. The number of sulfonamides is 1. The van der Waals surface area contributed by atoms with Gasteiger partial charge in [0.1, 0.15) is 0 Å². The van der Waals surface area contributed by atoms with Gasteiger partial charge >= 0.3 is 5.97 Å². The molecular formula is C12H22N2O5S. The number of carbonyl (C=O) groups excluding carboxylic acids is 2. The number of ether oxygens (including phenoxy) is 1. The molecule has 0 saturated heterocycles. The van der Waals surface area contributed by atoms with Crippen molar-refractivity contribution in [1.82, 2.24) is 9.62 Å². The van der Waals surface area contributed by atoms with Crippen molar-refractivity contribution in [3.63, 3.8) is 0 Å². The van der Waals surface area contributed by atoms with E-state index in [4.69, 9.17) is 0 Å². The number of esters is 1. The van der Waals surface area contributed by atoms with E-state index >= 15 is 0 Å². The van der Waals surface area contributed by atoms with E-state index < -0.39 is 27.2 Å². The minimum absolute atomic E-state index is 0.236. The summed E-state index contributed by atoms with van der Waals surface area (Å²) in [7, 11) is -1.07. The molecule has 1 aliphatic carbocycles. The van der Waals surface area contributed by atoms with Crippen LogP contribution in [-0.2, 0) is 24.3 Å². The molecule has 0 heterocycles. The Bertz CT molecular complexity index is 462. The molecule has 116 valence electrons. The number of nitrogens with one attached hydrogen (secondary N) is 1. The van der Waals surface area contributed by atoms with Crippen LogP contribution in [0.2, 0.25) is 0 Å². The van der Waals surface area contributed by atoms with Crippen molar-refractivity contribution in [3.8, 4) is 0 Å². The Labute approximate surface area is 119 Å². The Morgan fingerprint density at radius 3 is 2.55 bits per heavy atom. The summed E-state index contributed by atoms with van der Waals surface area (Å²) in [6, 6.07) is 0. The van der Waals surface area contributed by atoms with Gasteiger partial charge in [0.2, 0.25) is 15.9 Å². The maximum Gasteiger partial charge on any atom is 0.310 e. The molecule has 7 nitrogen and oxygen atoms in total. The minimum Gasteiger partial charge on any atom is -0.469 e. The molecule has 0 bridgehead atoms. The van der Waals surface area contributed by atoms with E-state index in [1.54, 1.807) is 6.92 Å². The largest absolute Gasteiger partial charge is 0.469 e. The zero-order chi connectivity index (χ0) is 15.3. The molecule has 20 heavy (non-hydrogen) atoms. The fraction of sp³-hybridized carbons (Fsp3) is 0.833. The fourth-order valence-electron chi connectivity index (χ4n) is 2.48. The second-order valence-corrected chi connectivity index (χ2v) is 7.11. The molecule has 0 aromatic rings.